The van der Waals surface area contributed by atoms with Gasteiger partial charge in [0.2, 0.25) is 0 Å². The van der Waals surface area contributed by atoms with Gasteiger partial charge in [-0.05, 0) is 25.0 Å². The molecule has 0 atom stereocenters. The molecule has 18 heavy (non-hydrogen) atoms. The first-order chi connectivity index (χ1) is 8.16. The zero-order valence-electron chi connectivity index (χ0n) is 10.1. The molecule has 2 rings (SSSR count). The Morgan fingerprint density at radius 3 is 2.61 bits per heavy atom. The summed E-state index contributed by atoms with van der Waals surface area (Å²) in [6.07, 6.45) is 3.32. The second-order valence-corrected chi connectivity index (χ2v) is 4.23. The van der Waals surface area contributed by atoms with Gasteiger partial charge in [0, 0.05) is 23.7 Å². The summed E-state index contributed by atoms with van der Waals surface area (Å²) in [5.74, 6) is 5.84. The van der Waals surface area contributed by atoms with Crippen LogP contribution in [0.3, 0.4) is 0 Å². The van der Waals surface area contributed by atoms with Gasteiger partial charge in [-0.1, -0.05) is 23.6 Å². The maximum Gasteiger partial charge on any atom is 1.00 e. The second kappa shape index (κ2) is 7.56. The predicted octanol–water partition coefficient (Wildman–Crippen LogP) is -0.252. The molecule has 0 fully saturated rings. The van der Waals surface area contributed by atoms with E-state index in [-0.39, 0.29) is 51.4 Å². The van der Waals surface area contributed by atoms with E-state index < -0.39 is 0 Å². The van der Waals surface area contributed by atoms with Crippen LogP contribution in [-0.2, 0) is 12.6 Å². The summed E-state index contributed by atoms with van der Waals surface area (Å²) in [6.45, 7) is 1.93. The minimum Gasteiger partial charge on any atom is -0.778 e. The van der Waals surface area contributed by atoms with Crippen molar-refractivity contribution in [3.8, 4) is 11.8 Å². The van der Waals surface area contributed by atoms with E-state index in [1.54, 1.807) is 18.5 Å². The Morgan fingerprint density at radius 2 is 1.94 bits per heavy atom. The predicted molar refractivity (Wildman–Crippen MR) is 69.8 cm³/mol. The molecule has 2 heterocycles. The standard InChI is InChI=1S/C13H9ClN2S.K/c1-9-2-3-10(8-16-9)4-5-11-13(14)12(17)6-7-15-11;/h2-3,6-8H,1H3,(H,15,17);/q;+1/p-1. The van der Waals surface area contributed by atoms with Crippen LogP contribution in [-0.4, -0.2) is 9.97 Å². The number of hydrogen-bond donors (Lipinski definition) is 0. The maximum absolute atomic E-state index is 6.00. The average molecular weight is 299 g/mol. The smallest absolute Gasteiger partial charge is 0.778 e. The molecule has 84 valence electrons. The second-order valence-electron chi connectivity index (χ2n) is 3.41. The third kappa shape index (κ3) is 4.28. The summed E-state index contributed by atoms with van der Waals surface area (Å²) >= 11 is 11.0. The number of aromatic nitrogens is 2. The molecule has 0 saturated carbocycles. The van der Waals surface area contributed by atoms with Gasteiger partial charge in [0.1, 0.15) is 5.69 Å². The van der Waals surface area contributed by atoms with Crippen LogP contribution in [0.4, 0.5) is 0 Å². The summed E-state index contributed by atoms with van der Waals surface area (Å²) in [5, 5.41) is 0.426. The monoisotopic (exact) mass is 298 g/mol. The van der Waals surface area contributed by atoms with Gasteiger partial charge in [-0.3, -0.25) is 4.98 Å². The zero-order chi connectivity index (χ0) is 12.3. The number of nitrogens with zero attached hydrogens (tertiary/aromatic N) is 2. The molecule has 0 aliphatic heterocycles. The molecule has 0 unspecified atom stereocenters. The van der Waals surface area contributed by atoms with Gasteiger partial charge in [-0.2, -0.15) is 4.90 Å². The van der Waals surface area contributed by atoms with Crippen molar-refractivity contribution >= 4 is 24.2 Å². The van der Waals surface area contributed by atoms with Gasteiger partial charge in [0.25, 0.3) is 0 Å². The van der Waals surface area contributed by atoms with Crippen LogP contribution in [0.2, 0.25) is 5.02 Å². The average Bonchev–Trinajstić information content (AvgIpc) is 2.33. The van der Waals surface area contributed by atoms with Gasteiger partial charge in [0.05, 0.1) is 5.02 Å². The third-order valence-electron chi connectivity index (χ3n) is 2.09. The Bertz CT molecular complexity index is 603. The van der Waals surface area contributed by atoms with Crippen LogP contribution in [0, 0.1) is 18.8 Å². The van der Waals surface area contributed by atoms with Crippen LogP contribution in [0.5, 0.6) is 0 Å². The van der Waals surface area contributed by atoms with E-state index >= 15 is 0 Å². The van der Waals surface area contributed by atoms with Gasteiger partial charge in [-0.25, -0.2) is 4.98 Å². The van der Waals surface area contributed by atoms with Crippen LogP contribution in [0.1, 0.15) is 17.0 Å². The van der Waals surface area contributed by atoms with Crippen molar-refractivity contribution in [3.63, 3.8) is 0 Å². The molecule has 0 radical (unpaired) electrons. The van der Waals surface area contributed by atoms with Crippen molar-refractivity contribution in [2.45, 2.75) is 11.8 Å². The number of pyridine rings is 2. The Labute approximate surface area is 159 Å². The fourth-order valence-corrected chi connectivity index (χ4v) is 1.50. The molecule has 2 nitrogen and oxygen atoms in total. The van der Waals surface area contributed by atoms with Gasteiger partial charge in [0.15, 0.2) is 0 Å². The van der Waals surface area contributed by atoms with Gasteiger partial charge in [-0.15, -0.1) is 0 Å². The summed E-state index contributed by atoms with van der Waals surface area (Å²) in [6, 6.07) is 5.49. The molecule has 5 heteroatoms. The van der Waals surface area contributed by atoms with E-state index in [4.69, 9.17) is 24.2 Å². The molecule has 0 N–H and O–H groups in total. The molecule has 0 saturated heterocycles. The minimum absolute atomic E-state index is 0. The number of halogens is 1. The molecule has 2 aromatic heterocycles. The third-order valence-corrected chi connectivity index (χ3v) is 2.93. The van der Waals surface area contributed by atoms with Crippen molar-refractivity contribution in [2.75, 3.05) is 0 Å². The quantitative estimate of drug-likeness (QED) is 0.381. The van der Waals surface area contributed by atoms with E-state index in [0.717, 1.165) is 11.3 Å². The van der Waals surface area contributed by atoms with Gasteiger partial charge >= 0.3 is 51.4 Å². The first-order valence-corrected chi connectivity index (χ1v) is 5.71. The van der Waals surface area contributed by atoms with Crippen molar-refractivity contribution in [1.29, 1.82) is 0 Å². The fourth-order valence-electron chi connectivity index (χ4n) is 1.19. The number of rotatable bonds is 0. The molecular weight excluding hydrogens is 291 g/mol. The maximum atomic E-state index is 6.00. The molecule has 0 bridgehead atoms. The number of aryl methyl sites for hydroxylation is 1. The minimum atomic E-state index is 0. The first kappa shape index (κ1) is 16.1. The van der Waals surface area contributed by atoms with Crippen molar-refractivity contribution in [3.05, 3.63) is 52.6 Å². The van der Waals surface area contributed by atoms with Crippen LogP contribution >= 0.6 is 11.6 Å². The first-order valence-electron chi connectivity index (χ1n) is 4.93. The topological polar surface area (TPSA) is 25.8 Å². The molecule has 0 aromatic carbocycles. The number of hydrogen-bond acceptors (Lipinski definition) is 3. The van der Waals surface area contributed by atoms with Crippen LogP contribution in [0.25, 0.3) is 0 Å². The van der Waals surface area contributed by atoms with E-state index in [2.05, 4.69) is 21.8 Å². The molecule has 0 aliphatic carbocycles. The molecular formula is C13H8ClKN2S. The summed E-state index contributed by atoms with van der Waals surface area (Å²) in [7, 11) is 0. The van der Waals surface area contributed by atoms with E-state index in [1.807, 2.05) is 19.1 Å². The largest absolute Gasteiger partial charge is 1.00 e. The Kier molecular flexibility index (Phi) is 6.75. The van der Waals surface area contributed by atoms with Gasteiger partial charge < -0.3 is 12.6 Å². The summed E-state index contributed by atoms with van der Waals surface area (Å²) in [5.41, 5.74) is 2.28. The zero-order valence-corrected chi connectivity index (χ0v) is 14.8. The van der Waals surface area contributed by atoms with Crippen molar-refractivity contribution < 1.29 is 51.4 Å². The van der Waals surface area contributed by atoms with E-state index in [9.17, 15) is 0 Å². The molecule has 0 amide bonds. The van der Waals surface area contributed by atoms with Crippen molar-refractivity contribution in [2.24, 2.45) is 0 Å². The normalized spacial score (nSPS) is 9.00. The Balaban J connectivity index is 0.00000162. The SMILES string of the molecule is Cc1ccc(C#Cc2nccc([S-])c2Cl)cn1.[K+]. The van der Waals surface area contributed by atoms with E-state index in [1.165, 1.54) is 0 Å². The fraction of sp³-hybridized carbons (Fsp3) is 0.0769. The van der Waals surface area contributed by atoms with Crippen molar-refractivity contribution in [1.82, 2.24) is 9.97 Å². The molecule has 2 aromatic rings. The van der Waals surface area contributed by atoms with Crippen LogP contribution in [0.15, 0.2) is 35.5 Å². The Hall–Kier alpha value is 0.00636. The Morgan fingerprint density at radius 1 is 1.17 bits per heavy atom. The van der Waals surface area contributed by atoms with E-state index in [0.29, 0.717) is 15.6 Å². The molecule has 0 aliphatic rings. The van der Waals surface area contributed by atoms with Crippen LogP contribution < -0.4 is 51.4 Å². The summed E-state index contributed by atoms with van der Waals surface area (Å²) < 4.78 is 0. The summed E-state index contributed by atoms with van der Waals surface area (Å²) in [4.78, 5) is 8.80. The molecule has 0 spiro atoms.